The molecule has 2 aromatic rings. The average molecular weight is 391 g/mol. The van der Waals surface area contributed by atoms with Crippen LogP contribution in [-0.4, -0.2) is 24.4 Å². The number of anilines is 3. The van der Waals surface area contributed by atoms with Crippen molar-refractivity contribution < 1.29 is 22.8 Å². The number of nitrogens with zero attached hydrogens (tertiary/aromatic N) is 1. The molecule has 0 aliphatic carbocycles. The Bertz CT molecular complexity index is 912. The maximum Gasteiger partial charge on any atom is 0.418 e. The molecule has 0 fully saturated rings. The number of nitrogens with one attached hydrogen (secondary N) is 2. The van der Waals surface area contributed by atoms with Gasteiger partial charge in [-0.05, 0) is 49.2 Å². The standard InChI is InChI=1S/C20H20F3N3O2/c1-12(19(28)25-17-6-4-3-5-16(17)20(21,22)23)24-15-7-8-18-14(11-15)9-10-26(18)13(2)27/h3-8,11-12,24H,9-10H2,1-2H3,(H,25,28). The molecule has 1 unspecified atom stereocenters. The number of amides is 2. The summed E-state index contributed by atoms with van der Waals surface area (Å²) >= 11 is 0. The molecule has 0 radical (unpaired) electrons. The number of para-hydroxylation sites is 1. The molecule has 0 saturated heterocycles. The van der Waals surface area contributed by atoms with Crippen LogP contribution in [0, 0.1) is 0 Å². The van der Waals surface area contributed by atoms with E-state index in [1.807, 2.05) is 6.07 Å². The van der Waals surface area contributed by atoms with Gasteiger partial charge in [-0.25, -0.2) is 0 Å². The van der Waals surface area contributed by atoms with E-state index in [9.17, 15) is 22.8 Å². The molecule has 2 aromatic carbocycles. The fourth-order valence-corrected chi connectivity index (χ4v) is 3.21. The van der Waals surface area contributed by atoms with Crippen molar-refractivity contribution in [1.29, 1.82) is 0 Å². The zero-order valence-electron chi connectivity index (χ0n) is 15.4. The van der Waals surface area contributed by atoms with Gasteiger partial charge >= 0.3 is 6.18 Å². The van der Waals surface area contributed by atoms with Crippen LogP contribution in [0.4, 0.5) is 30.2 Å². The van der Waals surface area contributed by atoms with Crippen LogP contribution in [0.1, 0.15) is 25.0 Å². The smallest absolute Gasteiger partial charge is 0.374 e. The van der Waals surface area contributed by atoms with Gasteiger partial charge in [0.05, 0.1) is 11.3 Å². The molecule has 1 aliphatic heterocycles. The molecule has 0 bridgehead atoms. The summed E-state index contributed by atoms with van der Waals surface area (Å²) in [6.45, 7) is 3.69. The van der Waals surface area contributed by atoms with Crippen LogP contribution in [0.15, 0.2) is 42.5 Å². The molecule has 8 heteroatoms. The van der Waals surface area contributed by atoms with E-state index in [1.54, 1.807) is 24.0 Å². The van der Waals surface area contributed by atoms with Crippen LogP contribution < -0.4 is 15.5 Å². The van der Waals surface area contributed by atoms with E-state index in [2.05, 4.69) is 10.6 Å². The minimum atomic E-state index is -4.55. The lowest BCUT2D eigenvalue weighted by molar-refractivity contribution is -0.137. The molecular weight excluding hydrogens is 371 g/mol. The topological polar surface area (TPSA) is 61.4 Å². The van der Waals surface area contributed by atoms with E-state index in [0.29, 0.717) is 18.7 Å². The summed E-state index contributed by atoms with van der Waals surface area (Å²) in [6.07, 6.45) is -3.84. The van der Waals surface area contributed by atoms with Gasteiger partial charge in [0.15, 0.2) is 0 Å². The molecule has 0 saturated carbocycles. The van der Waals surface area contributed by atoms with Crippen molar-refractivity contribution in [2.75, 3.05) is 22.1 Å². The Morgan fingerprint density at radius 3 is 2.54 bits per heavy atom. The zero-order chi connectivity index (χ0) is 20.5. The first-order valence-electron chi connectivity index (χ1n) is 8.81. The first-order valence-corrected chi connectivity index (χ1v) is 8.81. The van der Waals surface area contributed by atoms with E-state index in [-0.39, 0.29) is 11.6 Å². The van der Waals surface area contributed by atoms with Crippen LogP contribution in [0.3, 0.4) is 0 Å². The Morgan fingerprint density at radius 2 is 1.86 bits per heavy atom. The molecule has 0 spiro atoms. The number of rotatable bonds is 4. The van der Waals surface area contributed by atoms with Gasteiger partial charge < -0.3 is 15.5 Å². The van der Waals surface area contributed by atoms with Crippen molar-refractivity contribution in [2.24, 2.45) is 0 Å². The van der Waals surface area contributed by atoms with Crippen molar-refractivity contribution in [2.45, 2.75) is 32.5 Å². The van der Waals surface area contributed by atoms with Crippen LogP contribution in [0.5, 0.6) is 0 Å². The minimum Gasteiger partial charge on any atom is -0.374 e. The number of benzene rings is 2. The third-order valence-corrected chi connectivity index (χ3v) is 4.62. The Morgan fingerprint density at radius 1 is 1.14 bits per heavy atom. The second kappa shape index (κ2) is 7.53. The van der Waals surface area contributed by atoms with Crippen molar-refractivity contribution in [1.82, 2.24) is 0 Å². The average Bonchev–Trinajstić information content (AvgIpc) is 3.04. The van der Waals surface area contributed by atoms with Gasteiger partial charge in [-0.15, -0.1) is 0 Å². The van der Waals surface area contributed by atoms with Crippen molar-refractivity contribution in [3.05, 3.63) is 53.6 Å². The van der Waals surface area contributed by atoms with E-state index < -0.39 is 23.7 Å². The highest BCUT2D eigenvalue weighted by Crippen LogP contribution is 2.35. The van der Waals surface area contributed by atoms with Gasteiger partial charge in [0, 0.05) is 24.8 Å². The van der Waals surface area contributed by atoms with E-state index in [0.717, 1.165) is 17.3 Å². The maximum absolute atomic E-state index is 13.1. The van der Waals surface area contributed by atoms with Gasteiger partial charge in [0.2, 0.25) is 11.8 Å². The third kappa shape index (κ3) is 4.11. The van der Waals surface area contributed by atoms with E-state index in [4.69, 9.17) is 0 Å². The second-order valence-corrected chi connectivity index (χ2v) is 6.66. The lowest BCUT2D eigenvalue weighted by Crippen LogP contribution is -2.32. The molecule has 1 aliphatic rings. The summed E-state index contributed by atoms with van der Waals surface area (Å²) in [7, 11) is 0. The fraction of sp³-hybridized carbons (Fsp3) is 0.300. The van der Waals surface area contributed by atoms with Gasteiger partial charge in [0.25, 0.3) is 0 Å². The lowest BCUT2D eigenvalue weighted by atomic mass is 10.1. The Balaban J connectivity index is 1.70. The summed E-state index contributed by atoms with van der Waals surface area (Å²) in [6, 6.07) is 9.49. The molecule has 2 amide bonds. The SMILES string of the molecule is CC(=O)N1CCc2cc(NC(C)C(=O)Nc3ccccc3C(F)(F)F)ccc21. The predicted molar refractivity (Wildman–Crippen MR) is 101 cm³/mol. The normalized spacial score (nSPS) is 14.4. The van der Waals surface area contributed by atoms with Crippen LogP contribution >= 0.6 is 0 Å². The van der Waals surface area contributed by atoms with Crippen LogP contribution in [0.25, 0.3) is 0 Å². The molecule has 1 heterocycles. The van der Waals surface area contributed by atoms with E-state index in [1.165, 1.54) is 25.1 Å². The number of fused-ring (bicyclic) bond motifs is 1. The Kier molecular flexibility index (Phi) is 5.31. The molecule has 148 valence electrons. The summed E-state index contributed by atoms with van der Waals surface area (Å²) in [5, 5.41) is 5.33. The van der Waals surface area contributed by atoms with Crippen molar-refractivity contribution in [3.8, 4) is 0 Å². The summed E-state index contributed by atoms with van der Waals surface area (Å²) in [5.41, 5.74) is 1.32. The molecule has 3 rings (SSSR count). The Hall–Kier alpha value is -3.03. The fourth-order valence-electron chi connectivity index (χ4n) is 3.21. The largest absolute Gasteiger partial charge is 0.418 e. The highest BCUT2D eigenvalue weighted by molar-refractivity contribution is 5.97. The highest BCUT2D eigenvalue weighted by atomic mass is 19.4. The summed E-state index contributed by atoms with van der Waals surface area (Å²) in [5.74, 6) is -0.613. The number of carbonyl (C=O) groups is 2. The van der Waals surface area contributed by atoms with Gasteiger partial charge in [-0.2, -0.15) is 13.2 Å². The third-order valence-electron chi connectivity index (χ3n) is 4.62. The number of alkyl halides is 3. The molecule has 1 atom stereocenters. The van der Waals surface area contributed by atoms with Gasteiger partial charge in [-0.3, -0.25) is 9.59 Å². The molecule has 0 aromatic heterocycles. The molecular formula is C20H20F3N3O2. The van der Waals surface area contributed by atoms with Crippen molar-refractivity contribution in [3.63, 3.8) is 0 Å². The van der Waals surface area contributed by atoms with Crippen LogP contribution in [0.2, 0.25) is 0 Å². The van der Waals surface area contributed by atoms with Crippen molar-refractivity contribution >= 4 is 28.9 Å². The number of hydrogen-bond acceptors (Lipinski definition) is 3. The molecule has 5 nitrogen and oxygen atoms in total. The first kappa shape index (κ1) is 19.7. The number of halogens is 3. The monoisotopic (exact) mass is 391 g/mol. The molecule has 2 N–H and O–H groups in total. The summed E-state index contributed by atoms with van der Waals surface area (Å²) < 4.78 is 39.2. The number of carbonyl (C=O) groups excluding carboxylic acids is 2. The number of hydrogen-bond donors (Lipinski definition) is 2. The highest BCUT2D eigenvalue weighted by Gasteiger charge is 2.34. The van der Waals surface area contributed by atoms with Gasteiger partial charge in [-0.1, -0.05) is 12.1 Å². The quantitative estimate of drug-likeness (QED) is 0.827. The van der Waals surface area contributed by atoms with E-state index >= 15 is 0 Å². The molecule has 28 heavy (non-hydrogen) atoms. The lowest BCUT2D eigenvalue weighted by Gasteiger charge is -2.19. The Labute approximate surface area is 160 Å². The maximum atomic E-state index is 13.1. The summed E-state index contributed by atoms with van der Waals surface area (Å²) in [4.78, 5) is 25.7. The predicted octanol–water partition coefficient (Wildman–Crippen LogP) is 4.05. The first-order chi connectivity index (χ1) is 13.2. The zero-order valence-corrected chi connectivity index (χ0v) is 15.4. The van der Waals surface area contributed by atoms with Gasteiger partial charge in [0.1, 0.15) is 6.04 Å². The second-order valence-electron chi connectivity index (χ2n) is 6.66. The van der Waals surface area contributed by atoms with Crippen LogP contribution in [-0.2, 0) is 22.2 Å². The minimum absolute atomic E-state index is 0.0319.